The zero-order valence-electron chi connectivity index (χ0n) is 20.1. The molecule has 0 saturated carbocycles. The van der Waals surface area contributed by atoms with E-state index in [1.807, 2.05) is 0 Å². The van der Waals surface area contributed by atoms with Gasteiger partial charge in [0.05, 0.1) is 0 Å². The van der Waals surface area contributed by atoms with E-state index in [2.05, 4.69) is 111 Å². The summed E-state index contributed by atoms with van der Waals surface area (Å²) >= 11 is 0. The molecule has 0 unspecified atom stereocenters. The number of aryl methyl sites for hydroxylation is 3. The molecular formula is C29H36O. The van der Waals surface area contributed by atoms with Gasteiger partial charge in [0.2, 0.25) is 0 Å². The lowest BCUT2D eigenvalue weighted by Gasteiger charge is -2.28. The minimum Gasteiger partial charge on any atom is -0.507 e. The molecule has 0 aliphatic rings. The van der Waals surface area contributed by atoms with Gasteiger partial charge in [-0.05, 0) is 82.7 Å². The summed E-state index contributed by atoms with van der Waals surface area (Å²) in [6.07, 6.45) is 0. The van der Waals surface area contributed by atoms with Crippen LogP contribution in [-0.2, 0) is 10.8 Å². The highest BCUT2D eigenvalue weighted by Gasteiger charge is 2.26. The molecular weight excluding hydrogens is 364 g/mol. The standard InChI is InChI=1S/C29H36O/c1-18-14-20(3)24(15-19(18)2)22-12-10-21(11-13-22)23-16-25(28(4,5)6)27(30)26(17-23)29(7,8)9/h10-17,30H,1-9H3. The minimum atomic E-state index is -0.128. The van der Waals surface area contributed by atoms with Crippen LogP contribution in [0.25, 0.3) is 22.3 Å². The van der Waals surface area contributed by atoms with E-state index in [1.165, 1.54) is 33.4 Å². The van der Waals surface area contributed by atoms with Gasteiger partial charge in [0.1, 0.15) is 5.75 Å². The molecule has 0 spiro atoms. The number of hydrogen-bond acceptors (Lipinski definition) is 1. The Kier molecular flexibility index (Phi) is 5.62. The number of benzene rings is 3. The lowest BCUT2D eigenvalue weighted by Crippen LogP contribution is -2.17. The number of aromatic hydroxyl groups is 1. The molecule has 0 radical (unpaired) electrons. The van der Waals surface area contributed by atoms with Crippen LogP contribution < -0.4 is 0 Å². The van der Waals surface area contributed by atoms with E-state index in [0.717, 1.165) is 16.7 Å². The van der Waals surface area contributed by atoms with Gasteiger partial charge < -0.3 is 5.11 Å². The van der Waals surface area contributed by atoms with E-state index in [-0.39, 0.29) is 10.8 Å². The third-order valence-corrected chi connectivity index (χ3v) is 6.10. The van der Waals surface area contributed by atoms with Gasteiger partial charge in [-0.25, -0.2) is 0 Å². The molecule has 0 bridgehead atoms. The highest BCUT2D eigenvalue weighted by Crippen LogP contribution is 2.42. The van der Waals surface area contributed by atoms with Crippen molar-refractivity contribution in [2.45, 2.75) is 73.1 Å². The Labute approximate surface area is 182 Å². The number of phenols is 1. The summed E-state index contributed by atoms with van der Waals surface area (Å²) in [6.45, 7) is 19.5. The maximum absolute atomic E-state index is 11.0. The number of hydrogen-bond donors (Lipinski definition) is 1. The first-order valence-corrected chi connectivity index (χ1v) is 10.9. The second-order valence-corrected chi connectivity index (χ2v) is 10.7. The van der Waals surface area contributed by atoms with Crippen LogP contribution in [0.5, 0.6) is 5.75 Å². The van der Waals surface area contributed by atoms with E-state index in [4.69, 9.17) is 0 Å². The fourth-order valence-corrected chi connectivity index (χ4v) is 4.06. The van der Waals surface area contributed by atoms with Gasteiger partial charge >= 0.3 is 0 Å². The van der Waals surface area contributed by atoms with Crippen LogP contribution in [-0.4, -0.2) is 5.11 Å². The molecule has 0 amide bonds. The minimum absolute atomic E-state index is 0.128. The molecule has 3 aromatic carbocycles. The third-order valence-electron chi connectivity index (χ3n) is 6.10. The normalized spacial score (nSPS) is 12.3. The van der Waals surface area contributed by atoms with E-state index in [0.29, 0.717) is 5.75 Å². The second-order valence-electron chi connectivity index (χ2n) is 10.7. The summed E-state index contributed by atoms with van der Waals surface area (Å²) in [4.78, 5) is 0. The lowest BCUT2D eigenvalue weighted by molar-refractivity contribution is 0.423. The Morgan fingerprint density at radius 2 is 0.967 bits per heavy atom. The maximum Gasteiger partial charge on any atom is 0.123 e. The first-order chi connectivity index (χ1) is 13.8. The Hall–Kier alpha value is -2.54. The monoisotopic (exact) mass is 400 g/mol. The van der Waals surface area contributed by atoms with Crippen molar-refractivity contribution in [3.8, 4) is 28.0 Å². The van der Waals surface area contributed by atoms with Crippen LogP contribution in [0.1, 0.15) is 69.4 Å². The van der Waals surface area contributed by atoms with E-state index < -0.39 is 0 Å². The van der Waals surface area contributed by atoms with Gasteiger partial charge in [0, 0.05) is 11.1 Å². The Morgan fingerprint density at radius 1 is 0.533 bits per heavy atom. The molecule has 158 valence electrons. The average Bonchev–Trinajstić information content (AvgIpc) is 2.63. The van der Waals surface area contributed by atoms with Gasteiger partial charge in [-0.15, -0.1) is 0 Å². The topological polar surface area (TPSA) is 20.2 Å². The molecule has 0 aromatic heterocycles. The quantitative estimate of drug-likeness (QED) is 0.459. The van der Waals surface area contributed by atoms with Crippen LogP contribution in [0.15, 0.2) is 48.5 Å². The summed E-state index contributed by atoms with van der Waals surface area (Å²) in [5.41, 5.74) is 10.6. The van der Waals surface area contributed by atoms with Crippen molar-refractivity contribution >= 4 is 0 Å². The molecule has 0 fully saturated rings. The van der Waals surface area contributed by atoms with Crippen LogP contribution >= 0.6 is 0 Å². The van der Waals surface area contributed by atoms with Gasteiger partial charge in [0.15, 0.2) is 0 Å². The highest BCUT2D eigenvalue weighted by molar-refractivity contribution is 5.74. The SMILES string of the molecule is Cc1cc(C)c(-c2ccc(-c3cc(C(C)(C)C)c(O)c(C(C)(C)C)c3)cc2)cc1C. The van der Waals surface area contributed by atoms with Crippen molar-refractivity contribution in [1.29, 1.82) is 0 Å². The molecule has 0 saturated heterocycles. The van der Waals surface area contributed by atoms with E-state index in [9.17, 15) is 5.11 Å². The first kappa shape index (κ1) is 22.2. The average molecular weight is 401 g/mol. The molecule has 1 N–H and O–H groups in total. The van der Waals surface area contributed by atoms with Crippen molar-refractivity contribution in [2.75, 3.05) is 0 Å². The lowest BCUT2D eigenvalue weighted by atomic mass is 9.77. The van der Waals surface area contributed by atoms with Gasteiger partial charge in [-0.3, -0.25) is 0 Å². The van der Waals surface area contributed by atoms with Crippen LogP contribution in [0.4, 0.5) is 0 Å². The molecule has 0 aliphatic carbocycles. The molecule has 0 heterocycles. The summed E-state index contributed by atoms with van der Waals surface area (Å²) in [7, 11) is 0. The molecule has 3 aromatic rings. The zero-order chi connectivity index (χ0) is 22.4. The van der Waals surface area contributed by atoms with Crippen LogP contribution in [0.3, 0.4) is 0 Å². The third kappa shape index (κ3) is 4.31. The van der Waals surface area contributed by atoms with E-state index >= 15 is 0 Å². The Balaban J connectivity index is 2.12. The number of rotatable bonds is 2. The summed E-state index contributed by atoms with van der Waals surface area (Å²) in [5, 5.41) is 11.0. The zero-order valence-corrected chi connectivity index (χ0v) is 20.1. The van der Waals surface area contributed by atoms with Crippen molar-refractivity contribution < 1.29 is 5.11 Å². The van der Waals surface area contributed by atoms with Gasteiger partial charge in [0.25, 0.3) is 0 Å². The number of phenolic OH excluding ortho intramolecular Hbond substituents is 1. The largest absolute Gasteiger partial charge is 0.507 e. The maximum atomic E-state index is 11.0. The van der Waals surface area contributed by atoms with Gasteiger partial charge in [-0.2, -0.15) is 0 Å². The molecule has 0 atom stereocenters. The van der Waals surface area contributed by atoms with Crippen molar-refractivity contribution in [1.82, 2.24) is 0 Å². The molecule has 30 heavy (non-hydrogen) atoms. The van der Waals surface area contributed by atoms with Crippen molar-refractivity contribution in [2.24, 2.45) is 0 Å². The molecule has 1 nitrogen and oxygen atoms in total. The summed E-state index contributed by atoms with van der Waals surface area (Å²) in [5.74, 6) is 0.432. The second kappa shape index (κ2) is 7.61. The predicted molar refractivity (Wildman–Crippen MR) is 131 cm³/mol. The molecule has 0 aliphatic heterocycles. The van der Waals surface area contributed by atoms with Crippen molar-refractivity contribution in [3.05, 3.63) is 76.3 Å². The Bertz CT molecular complexity index is 1040. The van der Waals surface area contributed by atoms with Crippen LogP contribution in [0.2, 0.25) is 0 Å². The summed E-state index contributed by atoms with van der Waals surface area (Å²) < 4.78 is 0. The Morgan fingerprint density at radius 3 is 1.43 bits per heavy atom. The predicted octanol–water partition coefficient (Wildman–Crippen LogP) is 8.25. The van der Waals surface area contributed by atoms with Crippen molar-refractivity contribution in [3.63, 3.8) is 0 Å². The van der Waals surface area contributed by atoms with E-state index in [1.54, 1.807) is 0 Å². The fraction of sp³-hybridized carbons (Fsp3) is 0.379. The highest BCUT2D eigenvalue weighted by atomic mass is 16.3. The fourth-order valence-electron chi connectivity index (χ4n) is 4.06. The van der Waals surface area contributed by atoms with Gasteiger partial charge in [-0.1, -0.05) is 77.9 Å². The summed E-state index contributed by atoms with van der Waals surface area (Å²) in [6, 6.07) is 17.7. The first-order valence-electron chi connectivity index (χ1n) is 10.9. The van der Waals surface area contributed by atoms with Crippen LogP contribution in [0, 0.1) is 20.8 Å². The molecule has 1 heteroatoms. The molecule has 3 rings (SSSR count). The smallest absolute Gasteiger partial charge is 0.123 e.